The quantitative estimate of drug-likeness (QED) is 0.618. The van der Waals surface area contributed by atoms with E-state index in [1.165, 1.54) is 19.1 Å². The lowest BCUT2D eigenvalue weighted by Crippen LogP contribution is -2.53. The summed E-state index contributed by atoms with van der Waals surface area (Å²) in [5.41, 5.74) is -0.174. The number of ether oxygens (including phenoxy) is 1. The molecule has 0 radical (unpaired) electrons. The predicted molar refractivity (Wildman–Crippen MR) is 84.7 cm³/mol. The molecule has 1 fully saturated rings. The number of ketones is 2. The first-order valence-corrected chi connectivity index (χ1v) is 8.28. The summed E-state index contributed by atoms with van der Waals surface area (Å²) in [7, 11) is 0. The predicted octanol–water partition coefficient (Wildman–Crippen LogP) is 1.10. The number of fused-ring (bicyclic) bond motifs is 3. The molecule has 24 heavy (non-hydrogen) atoms. The van der Waals surface area contributed by atoms with E-state index in [4.69, 9.17) is 4.74 Å². The molecular weight excluding hydrogens is 310 g/mol. The molecule has 0 aromatic carbocycles. The number of allylic oxidation sites excluding steroid dienone is 3. The highest BCUT2D eigenvalue weighted by Gasteiger charge is 2.55. The van der Waals surface area contributed by atoms with Crippen LogP contribution in [0.4, 0.5) is 0 Å². The molecule has 1 saturated carbocycles. The highest BCUT2D eigenvalue weighted by atomic mass is 16.5. The Morgan fingerprint density at radius 3 is 2.62 bits per heavy atom. The van der Waals surface area contributed by atoms with Crippen LogP contribution in [-0.4, -0.2) is 35.6 Å². The third-order valence-electron chi connectivity index (χ3n) is 5.24. The van der Waals surface area contributed by atoms with Crippen molar-refractivity contribution in [3.8, 4) is 0 Å². The third kappa shape index (κ3) is 2.60. The summed E-state index contributed by atoms with van der Waals surface area (Å²) in [6, 6.07) is 0. The van der Waals surface area contributed by atoms with Gasteiger partial charge < -0.3 is 10.1 Å². The normalized spacial score (nSPS) is 34.2. The fraction of sp³-hybridized carbons (Fsp3) is 0.556. The lowest BCUT2D eigenvalue weighted by molar-refractivity contribution is -0.153. The van der Waals surface area contributed by atoms with Gasteiger partial charge in [-0.05, 0) is 37.8 Å². The summed E-state index contributed by atoms with van der Waals surface area (Å²) in [6.45, 7) is 3.29. The number of carbonyl (C=O) groups is 4. The number of hydrogen-bond donors (Lipinski definition) is 1. The fourth-order valence-corrected chi connectivity index (χ4v) is 4.34. The van der Waals surface area contributed by atoms with Crippen LogP contribution in [0.3, 0.4) is 0 Å². The zero-order valence-electron chi connectivity index (χ0n) is 13.8. The fourth-order valence-electron chi connectivity index (χ4n) is 4.34. The van der Waals surface area contributed by atoms with Crippen LogP contribution in [0.5, 0.6) is 0 Å². The maximum Gasteiger partial charge on any atom is 0.332 e. The standard InChI is InChI=1S/C18H21NO5/c1-3-24-17(23)18(19-10(2)20)8-11-4-5-12-14(21)6-7-15(22)16(12)13(11)9-18/h4,6-7,12-13,16H,3,5,8-9H2,1-2H3,(H,19,20). The largest absolute Gasteiger partial charge is 0.464 e. The Morgan fingerprint density at radius 2 is 1.96 bits per heavy atom. The minimum atomic E-state index is -1.14. The van der Waals surface area contributed by atoms with Crippen molar-refractivity contribution in [2.75, 3.05) is 6.61 Å². The monoisotopic (exact) mass is 331 g/mol. The molecule has 0 heterocycles. The van der Waals surface area contributed by atoms with Crippen LogP contribution >= 0.6 is 0 Å². The second-order valence-electron chi connectivity index (χ2n) is 6.76. The second-order valence-corrected chi connectivity index (χ2v) is 6.76. The lowest BCUT2D eigenvalue weighted by Gasteiger charge is -2.35. The van der Waals surface area contributed by atoms with E-state index in [0.29, 0.717) is 19.3 Å². The van der Waals surface area contributed by atoms with E-state index in [1.54, 1.807) is 6.92 Å². The van der Waals surface area contributed by atoms with Crippen LogP contribution < -0.4 is 5.32 Å². The van der Waals surface area contributed by atoms with Crippen LogP contribution in [0, 0.1) is 17.8 Å². The van der Waals surface area contributed by atoms with Crippen LogP contribution in [0.25, 0.3) is 0 Å². The topological polar surface area (TPSA) is 89.5 Å². The Balaban J connectivity index is 1.95. The zero-order valence-corrected chi connectivity index (χ0v) is 13.8. The van der Waals surface area contributed by atoms with Gasteiger partial charge in [0.15, 0.2) is 11.6 Å². The molecule has 3 aliphatic rings. The maximum atomic E-state index is 12.5. The molecule has 128 valence electrons. The van der Waals surface area contributed by atoms with Gasteiger partial charge >= 0.3 is 5.97 Å². The summed E-state index contributed by atoms with van der Waals surface area (Å²) < 4.78 is 5.17. The number of hydrogen-bond acceptors (Lipinski definition) is 5. The van der Waals surface area contributed by atoms with Gasteiger partial charge in [0.2, 0.25) is 5.91 Å². The van der Waals surface area contributed by atoms with Crippen molar-refractivity contribution in [3.63, 3.8) is 0 Å². The first-order chi connectivity index (χ1) is 11.4. The third-order valence-corrected chi connectivity index (χ3v) is 5.24. The van der Waals surface area contributed by atoms with Gasteiger partial charge in [-0.3, -0.25) is 14.4 Å². The highest BCUT2D eigenvalue weighted by Crippen LogP contribution is 2.50. The minimum Gasteiger partial charge on any atom is -0.464 e. The van der Waals surface area contributed by atoms with Crippen molar-refractivity contribution in [3.05, 3.63) is 23.8 Å². The molecule has 4 unspecified atom stereocenters. The molecule has 6 nitrogen and oxygen atoms in total. The van der Waals surface area contributed by atoms with E-state index in [1.807, 2.05) is 6.08 Å². The van der Waals surface area contributed by atoms with Gasteiger partial charge in [-0.25, -0.2) is 4.79 Å². The molecule has 4 atom stereocenters. The van der Waals surface area contributed by atoms with Crippen molar-refractivity contribution in [1.82, 2.24) is 5.32 Å². The number of carbonyl (C=O) groups excluding carboxylic acids is 4. The van der Waals surface area contributed by atoms with Crippen molar-refractivity contribution >= 4 is 23.4 Å². The summed E-state index contributed by atoms with van der Waals surface area (Å²) in [4.78, 5) is 48.7. The van der Waals surface area contributed by atoms with Gasteiger partial charge in [0, 0.05) is 25.2 Å². The average Bonchev–Trinajstić information content (AvgIpc) is 2.89. The number of rotatable bonds is 3. The molecule has 0 bridgehead atoms. The van der Waals surface area contributed by atoms with Gasteiger partial charge in [0.25, 0.3) is 0 Å². The van der Waals surface area contributed by atoms with Crippen LogP contribution in [-0.2, 0) is 23.9 Å². The van der Waals surface area contributed by atoms with Crippen molar-refractivity contribution < 1.29 is 23.9 Å². The summed E-state index contributed by atoms with van der Waals surface area (Å²) in [5.74, 6) is -1.90. The van der Waals surface area contributed by atoms with Crippen molar-refractivity contribution in [2.24, 2.45) is 17.8 Å². The minimum absolute atomic E-state index is 0.0388. The SMILES string of the molecule is CCOC(=O)C1(NC(C)=O)CC2=CCC3C(=O)C=CC(=O)C3C2C1. The van der Waals surface area contributed by atoms with E-state index < -0.39 is 17.4 Å². The molecule has 0 aromatic rings. The van der Waals surface area contributed by atoms with Crippen LogP contribution in [0.15, 0.2) is 23.8 Å². The average molecular weight is 331 g/mol. The van der Waals surface area contributed by atoms with E-state index in [0.717, 1.165) is 5.57 Å². The Labute approximate surface area is 140 Å². The molecule has 0 spiro atoms. The first kappa shape index (κ1) is 16.6. The van der Waals surface area contributed by atoms with Gasteiger partial charge in [0.1, 0.15) is 5.54 Å². The Kier molecular flexibility index (Phi) is 4.15. The van der Waals surface area contributed by atoms with E-state index in [9.17, 15) is 19.2 Å². The number of amides is 1. The summed E-state index contributed by atoms with van der Waals surface area (Å²) in [5, 5.41) is 2.75. The molecule has 0 aromatic heterocycles. The van der Waals surface area contributed by atoms with Gasteiger partial charge in [-0.2, -0.15) is 0 Å². The molecule has 1 amide bonds. The van der Waals surface area contributed by atoms with E-state index in [2.05, 4.69) is 5.32 Å². The molecular formula is C18H21NO5. The van der Waals surface area contributed by atoms with Crippen LogP contribution in [0.2, 0.25) is 0 Å². The first-order valence-electron chi connectivity index (χ1n) is 8.28. The molecule has 0 saturated heterocycles. The van der Waals surface area contributed by atoms with Gasteiger partial charge in [0.05, 0.1) is 6.61 Å². The van der Waals surface area contributed by atoms with Gasteiger partial charge in [-0.1, -0.05) is 11.6 Å². The van der Waals surface area contributed by atoms with Crippen molar-refractivity contribution in [1.29, 1.82) is 0 Å². The van der Waals surface area contributed by atoms with E-state index >= 15 is 0 Å². The smallest absolute Gasteiger partial charge is 0.332 e. The Morgan fingerprint density at radius 1 is 1.25 bits per heavy atom. The zero-order chi connectivity index (χ0) is 17.5. The molecule has 3 aliphatic carbocycles. The summed E-state index contributed by atoms with van der Waals surface area (Å²) in [6.07, 6.45) is 5.79. The molecule has 3 rings (SSSR count). The number of nitrogens with one attached hydrogen (secondary N) is 1. The van der Waals surface area contributed by atoms with E-state index in [-0.39, 0.29) is 35.9 Å². The number of esters is 1. The molecule has 1 N–H and O–H groups in total. The lowest BCUT2D eigenvalue weighted by atomic mass is 9.67. The highest BCUT2D eigenvalue weighted by molar-refractivity contribution is 6.08. The van der Waals surface area contributed by atoms with Gasteiger partial charge in [-0.15, -0.1) is 0 Å². The van der Waals surface area contributed by atoms with Crippen LogP contribution in [0.1, 0.15) is 33.1 Å². The maximum absolute atomic E-state index is 12.5. The van der Waals surface area contributed by atoms with Crippen molar-refractivity contribution in [2.45, 2.75) is 38.6 Å². The molecule has 6 heteroatoms. The Bertz CT molecular complexity index is 677. The summed E-state index contributed by atoms with van der Waals surface area (Å²) >= 11 is 0. The Hall–Kier alpha value is -2.24. The second kappa shape index (κ2) is 6.00. The molecule has 0 aliphatic heterocycles.